The van der Waals surface area contributed by atoms with Crippen molar-refractivity contribution >= 4 is 5.97 Å². The van der Waals surface area contributed by atoms with E-state index in [0.29, 0.717) is 13.0 Å². The van der Waals surface area contributed by atoms with Crippen molar-refractivity contribution < 1.29 is 9.53 Å². The molecule has 0 N–H and O–H groups in total. The first-order valence-corrected chi connectivity index (χ1v) is 10.3. The van der Waals surface area contributed by atoms with E-state index in [0.717, 1.165) is 50.5 Å². The van der Waals surface area contributed by atoms with Gasteiger partial charge in [0, 0.05) is 50.1 Å². The average Bonchev–Trinajstić information content (AvgIpc) is 2.70. The molecule has 0 fully saturated rings. The number of hydrogen-bond donors (Lipinski definition) is 0. The molecule has 1 aromatic heterocycles. The molecule has 0 spiro atoms. The van der Waals surface area contributed by atoms with Crippen molar-refractivity contribution in [2.75, 3.05) is 0 Å². The van der Waals surface area contributed by atoms with Crippen LogP contribution in [0.4, 0.5) is 0 Å². The Balaban J connectivity index is 1.90. The van der Waals surface area contributed by atoms with Crippen LogP contribution in [-0.2, 0) is 16.1 Å². The van der Waals surface area contributed by atoms with Crippen molar-refractivity contribution in [2.45, 2.75) is 90.6 Å². The van der Waals surface area contributed by atoms with Crippen LogP contribution in [0.1, 0.15) is 89.5 Å². The van der Waals surface area contributed by atoms with E-state index >= 15 is 0 Å². The van der Waals surface area contributed by atoms with E-state index in [1.807, 2.05) is 12.1 Å². The average molecular weight is 368 g/mol. The highest BCUT2D eigenvalue weighted by Crippen LogP contribution is 2.06. The van der Waals surface area contributed by atoms with Gasteiger partial charge in [0.1, 0.15) is 6.61 Å². The second-order valence-corrected chi connectivity index (χ2v) is 6.60. The minimum absolute atomic E-state index is 0.141. The van der Waals surface area contributed by atoms with Crippen molar-refractivity contribution in [3.63, 3.8) is 0 Å². The Labute approximate surface area is 165 Å². The predicted molar refractivity (Wildman–Crippen MR) is 111 cm³/mol. The Kier molecular flexibility index (Phi) is 14.5. The number of hydrogen-bond acceptors (Lipinski definition) is 3. The smallest absolute Gasteiger partial charge is 0.306 e. The van der Waals surface area contributed by atoms with E-state index in [4.69, 9.17) is 4.74 Å². The third-order valence-electron chi connectivity index (χ3n) is 4.09. The molecule has 0 aliphatic heterocycles. The Morgan fingerprint density at radius 2 is 1.59 bits per heavy atom. The van der Waals surface area contributed by atoms with Gasteiger partial charge in [-0.25, -0.2) is 0 Å². The highest BCUT2D eigenvalue weighted by atomic mass is 16.5. The zero-order valence-electron chi connectivity index (χ0n) is 16.8. The minimum Gasteiger partial charge on any atom is -0.461 e. The number of ether oxygens (including phenoxy) is 1. The van der Waals surface area contributed by atoms with E-state index in [1.54, 1.807) is 12.4 Å². The molecule has 0 aliphatic carbocycles. The Morgan fingerprint density at radius 1 is 0.926 bits per heavy atom. The summed E-state index contributed by atoms with van der Waals surface area (Å²) in [7, 11) is 0. The van der Waals surface area contributed by atoms with Crippen LogP contribution < -0.4 is 0 Å². The van der Waals surface area contributed by atoms with Gasteiger partial charge in [-0.15, -0.1) is 23.7 Å². The molecule has 0 atom stereocenters. The van der Waals surface area contributed by atoms with Gasteiger partial charge in [-0.05, 0) is 25.3 Å². The summed E-state index contributed by atoms with van der Waals surface area (Å²) in [6.07, 6.45) is 15.6. The summed E-state index contributed by atoms with van der Waals surface area (Å²) >= 11 is 0. The zero-order chi connectivity index (χ0) is 19.4. The highest BCUT2D eigenvalue weighted by molar-refractivity contribution is 5.69. The molecular formula is C24H33NO2. The van der Waals surface area contributed by atoms with Gasteiger partial charge in [0.25, 0.3) is 0 Å². The number of aromatic nitrogens is 1. The van der Waals surface area contributed by atoms with Crippen LogP contribution in [0.2, 0.25) is 0 Å². The first kappa shape index (κ1) is 22.8. The molecule has 0 aromatic carbocycles. The monoisotopic (exact) mass is 367 g/mol. The lowest BCUT2D eigenvalue weighted by molar-refractivity contribution is -0.145. The number of carbonyl (C=O) groups excluding carboxylic acids is 1. The van der Waals surface area contributed by atoms with Crippen molar-refractivity contribution in [3.05, 3.63) is 30.1 Å². The highest BCUT2D eigenvalue weighted by Gasteiger charge is 2.03. The summed E-state index contributed by atoms with van der Waals surface area (Å²) in [5.74, 6) is 12.7. The normalized spacial score (nSPS) is 9.67. The molecule has 1 heterocycles. The second kappa shape index (κ2) is 17.2. The number of esters is 1. The zero-order valence-corrected chi connectivity index (χ0v) is 16.8. The van der Waals surface area contributed by atoms with Gasteiger partial charge >= 0.3 is 5.97 Å². The van der Waals surface area contributed by atoms with Crippen molar-refractivity contribution in [2.24, 2.45) is 0 Å². The topological polar surface area (TPSA) is 39.2 Å². The van der Waals surface area contributed by atoms with Crippen LogP contribution in [0, 0.1) is 23.7 Å². The summed E-state index contributed by atoms with van der Waals surface area (Å²) in [4.78, 5) is 15.7. The molecule has 0 aliphatic rings. The molecule has 3 heteroatoms. The van der Waals surface area contributed by atoms with E-state index in [-0.39, 0.29) is 5.97 Å². The van der Waals surface area contributed by atoms with Gasteiger partial charge in [-0.2, -0.15) is 0 Å². The lowest BCUT2D eigenvalue weighted by atomic mass is 10.1. The summed E-state index contributed by atoms with van der Waals surface area (Å²) in [5, 5.41) is 0. The Bertz CT molecular complexity index is 617. The number of carbonyl (C=O) groups is 1. The first-order valence-electron chi connectivity index (χ1n) is 10.3. The molecule has 0 radical (unpaired) electrons. The fourth-order valence-corrected chi connectivity index (χ4v) is 2.50. The van der Waals surface area contributed by atoms with Crippen molar-refractivity contribution in [3.8, 4) is 23.7 Å². The summed E-state index contributed by atoms with van der Waals surface area (Å²) in [6, 6.07) is 3.74. The maximum atomic E-state index is 11.7. The first-order chi connectivity index (χ1) is 13.3. The summed E-state index contributed by atoms with van der Waals surface area (Å²) in [5.41, 5.74) is 0.919. The molecule has 0 saturated heterocycles. The van der Waals surface area contributed by atoms with E-state index < -0.39 is 0 Å². The third kappa shape index (κ3) is 14.6. The van der Waals surface area contributed by atoms with Crippen molar-refractivity contribution in [1.82, 2.24) is 4.98 Å². The molecular weight excluding hydrogens is 334 g/mol. The quantitative estimate of drug-likeness (QED) is 0.265. The molecule has 0 unspecified atom stereocenters. The van der Waals surface area contributed by atoms with Gasteiger partial charge in [0.15, 0.2) is 0 Å². The number of nitrogens with zero attached hydrogens (tertiary/aromatic N) is 1. The lowest BCUT2D eigenvalue weighted by Gasteiger charge is -2.04. The van der Waals surface area contributed by atoms with E-state index in [9.17, 15) is 4.79 Å². The number of rotatable bonds is 12. The maximum Gasteiger partial charge on any atom is 0.306 e. The predicted octanol–water partition coefficient (Wildman–Crippen LogP) is 5.83. The largest absolute Gasteiger partial charge is 0.461 e. The van der Waals surface area contributed by atoms with Gasteiger partial charge in [0.05, 0.1) is 0 Å². The Hall–Kier alpha value is -2.26. The molecule has 0 bridgehead atoms. The van der Waals surface area contributed by atoms with Crippen LogP contribution in [0.3, 0.4) is 0 Å². The maximum absolute atomic E-state index is 11.7. The third-order valence-corrected chi connectivity index (χ3v) is 4.09. The van der Waals surface area contributed by atoms with E-state index in [1.165, 1.54) is 25.7 Å². The van der Waals surface area contributed by atoms with Crippen LogP contribution in [0.25, 0.3) is 0 Å². The summed E-state index contributed by atoms with van der Waals surface area (Å²) in [6.45, 7) is 2.53. The van der Waals surface area contributed by atoms with Crippen LogP contribution >= 0.6 is 0 Å². The molecule has 1 aromatic rings. The molecule has 146 valence electrons. The molecule has 0 amide bonds. The van der Waals surface area contributed by atoms with Crippen LogP contribution in [-0.4, -0.2) is 11.0 Å². The van der Waals surface area contributed by atoms with Gasteiger partial charge in [-0.3, -0.25) is 9.78 Å². The van der Waals surface area contributed by atoms with Gasteiger partial charge in [0.2, 0.25) is 0 Å². The molecule has 1 rings (SSSR count). The number of unbranched alkanes of at least 4 members (excludes halogenated alkanes) is 8. The van der Waals surface area contributed by atoms with Crippen molar-refractivity contribution in [1.29, 1.82) is 0 Å². The summed E-state index contributed by atoms with van der Waals surface area (Å²) < 4.78 is 5.23. The standard InChI is InChI=1S/C24H33NO2/c1-2-3-4-5-6-7-8-9-10-11-12-13-14-15-16-19-24(26)27-22-23-18-17-20-25-21-23/h17-18,20-21H,2-6,9-10,13-16,19,22H2,1H3. The van der Waals surface area contributed by atoms with Crippen LogP contribution in [0.5, 0.6) is 0 Å². The fourth-order valence-electron chi connectivity index (χ4n) is 2.50. The second-order valence-electron chi connectivity index (χ2n) is 6.60. The van der Waals surface area contributed by atoms with Crippen LogP contribution in [0.15, 0.2) is 24.5 Å². The fraction of sp³-hybridized carbons (Fsp3) is 0.583. The minimum atomic E-state index is -0.141. The molecule has 3 nitrogen and oxygen atoms in total. The Morgan fingerprint density at radius 3 is 2.22 bits per heavy atom. The molecule has 0 saturated carbocycles. The number of pyridine rings is 1. The van der Waals surface area contributed by atoms with Gasteiger partial charge < -0.3 is 4.74 Å². The lowest BCUT2D eigenvalue weighted by Crippen LogP contribution is -2.04. The SMILES string of the molecule is CCCCCCC#CCCC#CCCCCCC(=O)OCc1cccnc1. The van der Waals surface area contributed by atoms with E-state index in [2.05, 4.69) is 35.6 Å². The van der Waals surface area contributed by atoms with Gasteiger partial charge in [-0.1, -0.05) is 38.7 Å². The molecule has 27 heavy (non-hydrogen) atoms.